The van der Waals surface area contributed by atoms with E-state index in [4.69, 9.17) is 10.5 Å². The SMILES string of the molecule is COc1nc(C(N)=O)c(C(F)F)cc1C. The summed E-state index contributed by atoms with van der Waals surface area (Å²) in [6.45, 7) is 1.56. The molecule has 2 N–H and O–H groups in total. The van der Waals surface area contributed by atoms with Gasteiger partial charge in [0.1, 0.15) is 5.69 Å². The van der Waals surface area contributed by atoms with Crippen molar-refractivity contribution in [1.29, 1.82) is 0 Å². The van der Waals surface area contributed by atoms with Crippen LogP contribution in [0.3, 0.4) is 0 Å². The van der Waals surface area contributed by atoms with E-state index in [2.05, 4.69) is 4.98 Å². The topological polar surface area (TPSA) is 65.2 Å². The number of aromatic nitrogens is 1. The lowest BCUT2D eigenvalue weighted by atomic mass is 10.1. The number of aryl methyl sites for hydroxylation is 1. The molecule has 0 atom stereocenters. The molecule has 0 aliphatic carbocycles. The molecule has 0 aliphatic heterocycles. The number of hydrogen-bond acceptors (Lipinski definition) is 3. The molecule has 0 spiro atoms. The van der Waals surface area contributed by atoms with E-state index in [9.17, 15) is 13.6 Å². The highest BCUT2D eigenvalue weighted by Gasteiger charge is 2.20. The van der Waals surface area contributed by atoms with E-state index in [0.29, 0.717) is 5.56 Å². The Balaban J connectivity index is 3.39. The van der Waals surface area contributed by atoms with Crippen LogP contribution in [0.2, 0.25) is 0 Å². The molecular formula is C9H10F2N2O2. The van der Waals surface area contributed by atoms with Crippen LogP contribution in [-0.4, -0.2) is 18.0 Å². The van der Waals surface area contributed by atoms with Gasteiger partial charge in [0, 0.05) is 11.1 Å². The van der Waals surface area contributed by atoms with Gasteiger partial charge in [0.2, 0.25) is 5.88 Å². The molecule has 0 aliphatic rings. The molecule has 4 nitrogen and oxygen atoms in total. The Morgan fingerprint density at radius 3 is 2.60 bits per heavy atom. The molecule has 0 saturated carbocycles. The number of nitrogens with zero attached hydrogens (tertiary/aromatic N) is 1. The number of carbonyl (C=O) groups is 1. The molecule has 15 heavy (non-hydrogen) atoms. The number of hydrogen-bond donors (Lipinski definition) is 1. The van der Waals surface area contributed by atoms with Crippen LogP contribution in [0.5, 0.6) is 5.88 Å². The van der Waals surface area contributed by atoms with Crippen LogP contribution in [0.15, 0.2) is 6.07 Å². The number of methoxy groups -OCH3 is 1. The lowest BCUT2D eigenvalue weighted by Gasteiger charge is -2.09. The second kappa shape index (κ2) is 4.20. The molecule has 0 unspecified atom stereocenters. The first-order valence-corrected chi connectivity index (χ1v) is 4.10. The van der Waals surface area contributed by atoms with Crippen LogP contribution in [0, 0.1) is 6.92 Å². The van der Waals surface area contributed by atoms with Crippen molar-refractivity contribution in [1.82, 2.24) is 4.98 Å². The highest BCUT2D eigenvalue weighted by molar-refractivity contribution is 5.92. The number of pyridine rings is 1. The summed E-state index contributed by atoms with van der Waals surface area (Å²) >= 11 is 0. The summed E-state index contributed by atoms with van der Waals surface area (Å²) in [6.07, 6.45) is -2.79. The summed E-state index contributed by atoms with van der Waals surface area (Å²) in [5.41, 5.74) is 4.44. The van der Waals surface area contributed by atoms with E-state index in [-0.39, 0.29) is 5.88 Å². The minimum Gasteiger partial charge on any atom is -0.481 e. The number of nitrogens with two attached hydrogens (primary N) is 1. The molecule has 82 valence electrons. The maximum Gasteiger partial charge on any atom is 0.267 e. The van der Waals surface area contributed by atoms with E-state index >= 15 is 0 Å². The van der Waals surface area contributed by atoms with Gasteiger partial charge in [-0.2, -0.15) is 0 Å². The monoisotopic (exact) mass is 216 g/mol. The molecule has 0 fully saturated rings. The van der Waals surface area contributed by atoms with Crippen molar-refractivity contribution in [3.05, 3.63) is 22.9 Å². The molecule has 1 rings (SSSR count). The number of carbonyl (C=O) groups excluding carboxylic acids is 1. The van der Waals surface area contributed by atoms with Crippen molar-refractivity contribution >= 4 is 5.91 Å². The van der Waals surface area contributed by atoms with E-state index in [1.54, 1.807) is 6.92 Å². The van der Waals surface area contributed by atoms with Gasteiger partial charge in [-0.3, -0.25) is 4.79 Å². The lowest BCUT2D eigenvalue weighted by Crippen LogP contribution is -2.17. The predicted molar refractivity (Wildman–Crippen MR) is 49.0 cm³/mol. The number of amides is 1. The van der Waals surface area contributed by atoms with Crippen LogP contribution < -0.4 is 10.5 Å². The zero-order valence-electron chi connectivity index (χ0n) is 8.25. The highest BCUT2D eigenvalue weighted by atomic mass is 19.3. The van der Waals surface area contributed by atoms with Gasteiger partial charge >= 0.3 is 0 Å². The average molecular weight is 216 g/mol. The molecular weight excluding hydrogens is 206 g/mol. The molecule has 0 saturated heterocycles. The van der Waals surface area contributed by atoms with Crippen molar-refractivity contribution in [2.75, 3.05) is 7.11 Å². The van der Waals surface area contributed by atoms with Crippen molar-refractivity contribution in [2.24, 2.45) is 5.73 Å². The third kappa shape index (κ3) is 2.20. The molecule has 6 heteroatoms. The maximum absolute atomic E-state index is 12.5. The van der Waals surface area contributed by atoms with Crippen molar-refractivity contribution in [2.45, 2.75) is 13.3 Å². The fourth-order valence-electron chi connectivity index (χ4n) is 1.19. The van der Waals surface area contributed by atoms with Gasteiger partial charge in [-0.25, -0.2) is 13.8 Å². The number of primary amides is 1. The summed E-state index contributed by atoms with van der Waals surface area (Å²) in [7, 11) is 1.34. The van der Waals surface area contributed by atoms with Crippen LogP contribution in [0.25, 0.3) is 0 Å². The maximum atomic E-state index is 12.5. The number of rotatable bonds is 3. The van der Waals surface area contributed by atoms with Gasteiger partial charge in [0.05, 0.1) is 7.11 Å². The van der Waals surface area contributed by atoms with Gasteiger partial charge in [0.15, 0.2) is 0 Å². The average Bonchev–Trinajstić information content (AvgIpc) is 2.16. The third-order valence-electron chi connectivity index (χ3n) is 1.86. The Bertz CT molecular complexity index is 394. The Morgan fingerprint density at radius 1 is 1.60 bits per heavy atom. The molecule has 0 aromatic carbocycles. The molecule has 0 radical (unpaired) electrons. The van der Waals surface area contributed by atoms with E-state index in [1.807, 2.05) is 0 Å². The Labute approximate surface area is 85.1 Å². The quantitative estimate of drug-likeness (QED) is 0.831. The number of halogens is 2. The molecule has 1 aromatic rings. The summed E-state index contributed by atoms with van der Waals surface area (Å²) in [5, 5.41) is 0. The summed E-state index contributed by atoms with van der Waals surface area (Å²) < 4.78 is 29.8. The first-order valence-electron chi connectivity index (χ1n) is 4.10. The first-order chi connectivity index (χ1) is 6.97. The van der Waals surface area contributed by atoms with E-state index < -0.39 is 23.6 Å². The van der Waals surface area contributed by atoms with Gasteiger partial charge in [-0.1, -0.05) is 0 Å². The lowest BCUT2D eigenvalue weighted by molar-refractivity contribution is 0.0979. The van der Waals surface area contributed by atoms with E-state index in [0.717, 1.165) is 6.07 Å². The summed E-state index contributed by atoms with van der Waals surface area (Å²) in [5.74, 6) is -0.878. The van der Waals surface area contributed by atoms with Gasteiger partial charge in [0.25, 0.3) is 12.3 Å². The normalized spacial score (nSPS) is 10.5. The standard InChI is InChI=1S/C9H10F2N2O2/c1-4-3-5(7(10)11)6(8(12)14)13-9(4)15-2/h3,7H,1-2H3,(H2,12,14). The molecule has 1 heterocycles. The number of alkyl halides is 2. The second-order valence-corrected chi connectivity index (χ2v) is 2.92. The fourth-order valence-corrected chi connectivity index (χ4v) is 1.19. The van der Waals surface area contributed by atoms with E-state index in [1.165, 1.54) is 7.11 Å². The fraction of sp³-hybridized carbons (Fsp3) is 0.333. The zero-order valence-corrected chi connectivity index (χ0v) is 8.25. The number of ether oxygens (including phenoxy) is 1. The van der Waals surface area contributed by atoms with Crippen LogP contribution in [0.4, 0.5) is 8.78 Å². The second-order valence-electron chi connectivity index (χ2n) is 2.92. The van der Waals surface area contributed by atoms with Crippen LogP contribution in [-0.2, 0) is 0 Å². The highest BCUT2D eigenvalue weighted by Crippen LogP contribution is 2.26. The zero-order chi connectivity index (χ0) is 11.6. The molecule has 0 bridgehead atoms. The van der Waals surface area contributed by atoms with Gasteiger partial charge in [-0.15, -0.1) is 0 Å². The smallest absolute Gasteiger partial charge is 0.267 e. The van der Waals surface area contributed by atoms with Crippen LogP contribution in [0.1, 0.15) is 28.0 Å². The Kier molecular flexibility index (Phi) is 3.18. The van der Waals surface area contributed by atoms with Crippen LogP contribution >= 0.6 is 0 Å². The van der Waals surface area contributed by atoms with Gasteiger partial charge < -0.3 is 10.5 Å². The van der Waals surface area contributed by atoms with Crippen molar-refractivity contribution in [3.63, 3.8) is 0 Å². The molecule has 1 aromatic heterocycles. The first kappa shape index (κ1) is 11.4. The van der Waals surface area contributed by atoms with Gasteiger partial charge in [-0.05, 0) is 13.0 Å². The largest absolute Gasteiger partial charge is 0.481 e. The minimum absolute atomic E-state index is 0.119. The summed E-state index contributed by atoms with van der Waals surface area (Å²) in [6, 6.07) is 1.15. The minimum atomic E-state index is -2.79. The Morgan fingerprint density at radius 2 is 2.20 bits per heavy atom. The van der Waals surface area contributed by atoms with Crippen molar-refractivity contribution in [3.8, 4) is 5.88 Å². The Hall–Kier alpha value is -1.72. The summed E-state index contributed by atoms with van der Waals surface area (Å²) in [4.78, 5) is 14.5. The third-order valence-corrected chi connectivity index (χ3v) is 1.86. The molecule has 1 amide bonds. The predicted octanol–water partition coefficient (Wildman–Crippen LogP) is 1.44. The van der Waals surface area contributed by atoms with Crippen molar-refractivity contribution < 1.29 is 18.3 Å².